The summed E-state index contributed by atoms with van der Waals surface area (Å²) in [5.41, 5.74) is 12.8. The molecule has 0 amide bonds. The Morgan fingerprint density at radius 1 is 1.26 bits per heavy atom. The average Bonchev–Trinajstić information content (AvgIpc) is 2.98. The maximum atomic E-state index is 12.0. The summed E-state index contributed by atoms with van der Waals surface area (Å²) in [6.07, 6.45) is 5.21. The second-order valence-electron chi connectivity index (χ2n) is 5.88. The Balaban J connectivity index is 1.59. The molecule has 19 heavy (non-hydrogen) atoms. The third kappa shape index (κ3) is 2.39. The molecule has 0 aliphatic heterocycles. The zero-order valence-electron chi connectivity index (χ0n) is 11.0. The van der Waals surface area contributed by atoms with Crippen LogP contribution in [0.3, 0.4) is 0 Å². The maximum Gasteiger partial charge on any atom is 0.340 e. The number of esters is 1. The van der Waals surface area contributed by atoms with Gasteiger partial charge in [-0.1, -0.05) is 6.42 Å². The van der Waals surface area contributed by atoms with Crippen LogP contribution in [-0.2, 0) is 4.74 Å². The fourth-order valence-corrected chi connectivity index (χ4v) is 3.61. The lowest BCUT2D eigenvalue weighted by molar-refractivity contribution is 0.0395. The second kappa shape index (κ2) is 4.76. The molecule has 2 bridgehead atoms. The first kappa shape index (κ1) is 12.3. The Morgan fingerprint density at radius 2 is 2.11 bits per heavy atom. The summed E-state index contributed by atoms with van der Waals surface area (Å²) in [5, 5.41) is 0. The van der Waals surface area contributed by atoms with E-state index in [0.717, 1.165) is 11.8 Å². The molecule has 3 atom stereocenters. The lowest BCUT2D eigenvalue weighted by Crippen LogP contribution is -2.20. The monoisotopic (exact) mass is 260 g/mol. The minimum Gasteiger partial charge on any atom is -0.462 e. The van der Waals surface area contributed by atoms with E-state index in [2.05, 4.69) is 0 Å². The average molecular weight is 260 g/mol. The molecular formula is C15H20N2O2. The number of carbonyl (C=O) groups is 1. The van der Waals surface area contributed by atoms with Crippen molar-refractivity contribution in [3.05, 3.63) is 23.8 Å². The van der Waals surface area contributed by atoms with Crippen LogP contribution in [0.15, 0.2) is 18.2 Å². The molecule has 3 unspecified atom stereocenters. The molecule has 0 aromatic heterocycles. The highest BCUT2D eigenvalue weighted by Crippen LogP contribution is 2.48. The fraction of sp³-hybridized carbons (Fsp3) is 0.533. The first-order chi connectivity index (χ1) is 9.13. The summed E-state index contributed by atoms with van der Waals surface area (Å²) in [7, 11) is 0. The first-order valence-corrected chi connectivity index (χ1v) is 6.95. The summed E-state index contributed by atoms with van der Waals surface area (Å²) in [5.74, 6) is 1.86. The van der Waals surface area contributed by atoms with Crippen molar-refractivity contribution >= 4 is 17.3 Å². The van der Waals surface area contributed by atoms with Crippen molar-refractivity contribution in [2.45, 2.75) is 25.7 Å². The molecule has 102 valence electrons. The van der Waals surface area contributed by atoms with E-state index >= 15 is 0 Å². The first-order valence-electron chi connectivity index (χ1n) is 6.95. The van der Waals surface area contributed by atoms with Crippen LogP contribution in [0.2, 0.25) is 0 Å². The molecule has 4 heteroatoms. The SMILES string of the molecule is Nc1ccc(C(=O)OCC2CC3CCC2C3)c(N)c1. The molecule has 4 nitrogen and oxygen atoms in total. The third-order valence-electron chi connectivity index (χ3n) is 4.61. The van der Waals surface area contributed by atoms with Gasteiger partial charge in [0.2, 0.25) is 0 Å². The van der Waals surface area contributed by atoms with Gasteiger partial charge in [0.05, 0.1) is 12.2 Å². The Bertz CT molecular complexity index is 501. The summed E-state index contributed by atoms with van der Waals surface area (Å²) in [6.45, 7) is 0.532. The van der Waals surface area contributed by atoms with E-state index in [4.69, 9.17) is 16.2 Å². The summed E-state index contributed by atoms with van der Waals surface area (Å²) in [4.78, 5) is 12.0. The van der Waals surface area contributed by atoms with E-state index in [1.165, 1.54) is 25.7 Å². The quantitative estimate of drug-likeness (QED) is 0.646. The Labute approximate surface area is 113 Å². The number of nitrogen functional groups attached to an aromatic ring is 2. The summed E-state index contributed by atoms with van der Waals surface area (Å²) >= 11 is 0. The predicted molar refractivity (Wildman–Crippen MR) is 74.5 cm³/mol. The van der Waals surface area contributed by atoms with Crippen LogP contribution >= 0.6 is 0 Å². The molecule has 0 spiro atoms. The van der Waals surface area contributed by atoms with Gasteiger partial charge in [-0.2, -0.15) is 0 Å². The smallest absolute Gasteiger partial charge is 0.340 e. The third-order valence-corrected chi connectivity index (χ3v) is 4.61. The van der Waals surface area contributed by atoms with Gasteiger partial charge in [-0.3, -0.25) is 0 Å². The van der Waals surface area contributed by atoms with Gasteiger partial charge in [-0.25, -0.2) is 4.79 Å². The molecule has 2 aliphatic carbocycles. The van der Waals surface area contributed by atoms with Crippen molar-refractivity contribution < 1.29 is 9.53 Å². The molecule has 2 fully saturated rings. The lowest BCUT2D eigenvalue weighted by Gasteiger charge is -2.21. The molecule has 2 saturated carbocycles. The maximum absolute atomic E-state index is 12.0. The number of hydrogen-bond donors (Lipinski definition) is 2. The van der Waals surface area contributed by atoms with E-state index in [0.29, 0.717) is 29.5 Å². The zero-order chi connectivity index (χ0) is 13.4. The fourth-order valence-electron chi connectivity index (χ4n) is 3.61. The predicted octanol–water partition coefficient (Wildman–Crippen LogP) is 2.44. The van der Waals surface area contributed by atoms with Crippen molar-refractivity contribution in [3.63, 3.8) is 0 Å². The van der Waals surface area contributed by atoms with Crippen LogP contribution in [0.5, 0.6) is 0 Å². The molecule has 1 aromatic carbocycles. The largest absolute Gasteiger partial charge is 0.462 e. The zero-order valence-corrected chi connectivity index (χ0v) is 11.0. The van der Waals surface area contributed by atoms with Crippen LogP contribution in [0.4, 0.5) is 11.4 Å². The van der Waals surface area contributed by atoms with Crippen LogP contribution in [0, 0.1) is 17.8 Å². The second-order valence-corrected chi connectivity index (χ2v) is 5.88. The Kier molecular flexibility index (Phi) is 3.09. The summed E-state index contributed by atoms with van der Waals surface area (Å²) < 4.78 is 5.43. The topological polar surface area (TPSA) is 78.3 Å². The van der Waals surface area contributed by atoms with Crippen molar-refractivity contribution in [3.8, 4) is 0 Å². The minimum atomic E-state index is -0.333. The normalized spacial score (nSPS) is 28.5. The summed E-state index contributed by atoms with van der Waals surface area (Å²) in [6, 6.07) is 4.90. The van der Waals surface area contributed by atoms with E-state index in [-0.39, 0.29) is 5.97 Å². The Hall–Kier alpha value is -1.71. The molecule has 0 heterocycles. The molecule has 2 aliphatic rings. The highest BCUT2D eigenvalue weighted by atomic mass is 16.5. The van der Waals surface area contributed by atoms with Gasteiger partial charge in [0.15, 0.2) is 0 Å². The van der Waals surface area contributed by atoms with Crippen molar-refractivity contribution in [2.75, 3.05) is 18.1 Å². The number of carbonyl (C=O) groups excluding carboxylic acids is 1. The van der Waals surface area contributed by atoms with Crippen molar-refractivity contribution in [1.29, 1.82) is 0 Å². The highest BCUT2D eigenvalue weighted by Gasteiger charge is 2.39. The number of anilines is 2. The van der Waals surface area contributed by atoms with Gasteiger partial charge in [-0.15, -0.1) is 0 Å². The van der Waals surface area contributed by atoms with Gasteiger partial charge in [0.1, 0.15) is 0 Å². The molecule has 0 radical (unpaired) electrons. The van der Waals surface area contributed by atoms with Crippen molar-refractivity contribution in [1.82, 2.24) is 0 Å². The lowest BCUT2D eigenvalue weighted by atomic mass is 9.89. The number of hydrogen-bond acceptors (Lipinski definition) is 4. The number of fused-ring (bicyclic) bond motifs is 2. The van der Waals surface area contributed by atoms with Crippen LogP contribution in [0.1, 0.15) is 36.0 Å². The van der Waals surface area contributed by atoms with Crippen LogP contribution in [0.25, 0.3) is 0 Å². The number of benzene rings is 1. The van der Waals surface area contributed by atoms with E-state index in [9.17, 15) is 4.79 Å². The van der Waals surface area contributed by atoms with Gasteiger partial charge in [0.25, 0.3) is 0 Å². The van der Waals surface area contributed by atoms with E-state index in [1.54, 1.807) is 18.2 Å². The van der Waals surface area contributed by atoms with E-state index < -0.39 is 0 Å². The van der Waals surface area contributed by atoms with E-state index in [1.807, 2.05) is 0 Å². The molecular weight excluding hydrogens is 240 g/mol. The highest BCUT2D eigenvalue weighted by molar-refractivity contribution is 5.95. The van der Waals surface area contributed by atoms with Gasteiger partial charge < -0.3 is 16.2 Å². The van der Waals surface area contributed by atoms with Crippen molar-refractivity contribution in [2.24, 2.45) is 17.8 Å². The molecule has 0 saturated heterocycles. The van der Waals surface area contributed by atoms with Gasteiger partial charge in [0, 0.05) is 11.4 Å². The molecule has 1 aromatic rings. The standard InChI is InChI=1S/C15H20N2O2/c16-12-3-4-13(14(17)7-12)15(18)19-8-11-6-9-1-2-10(11)5-9/h3-4,7,9-11H,1-2,5-6,8,16-17H2. The number of nitrogens with two attached hydrogens (primary N) is 2. The van der Waals surface area contributed by atoms with Gasteiger partial charge >= 0.3 is 5.97 Å². The number of rotatable bonds is 3. The van der Waals surface area contributed by atoms with Crippen LogP contribution < -0.4 is 11.5 Å². The Morgan fingerprint density at radius 3 is 2.74 bits per heavy atom. The van der Waals surface area contributed by atoms with Crippen LogP contribution in [-0.4, -0.2) is 12.6 Å². The minimum absolute atomic E-state index is 0.333. The molecule has 3 rings (SSSR count). The molecule has 4 N–H and O–H groups in total. The number of ether oxygens (including phenoxy) is 1. The van der Waals surface area contributed by atoms with Gasteiger partial charge in [-0.05, 0) is 55.2 Å².